The first-order chi connectivity index (χ1) is 14.9. The molecule has 0 unspecified atom stereocenters. The summed E-state index contributed by atoms with van der Waals surface area (Å²) < 4.78 is 4.80. The molecule has 0 saturated carbocycles. The van der Waals surface area contributed by atoms with Gasteiger partial charge in [0.15, 0.2) is 11.2 Å². The predicted molar refractivity (Wildman–Crippen MR) is 124 cm³/mol. The van der Waals surface area contributed by atoms with Crippen molar-refractivity contribution in [1.82, 2.24) is 18.7 Å². The molecule has 0 spiro atoms. The molecule has 2 aromatic carbocycles. The Bertz CT molecular complexity index is 1310. The standard InChI is InChI=1S/C25H28N4O2/c1-17(2)14-15-27-24(30)22-23(29(25(27)31)21-12-10-18(3)11-13-21)26-16-28(22)19(4)20-8-6-5-7-9-20/h5-13,16-17,19H,14-15H2,1-4H3/t19-/m0/s1. The van der Waals surface area contributed by atoms with Crippen LogP contribution in [0.2, 0.25) is 0 Å². The second kappa shape index (κ2) is 8.38. The molecule has 6 heteroatoms. The average molecular weight is 417 g/mol. The normalized spacial score (nSPS) is 12.5. The third-order valence-electron chi connectivity index (χ3n) is 5.78. The van der Waals surface area contributed by atoms with Gasteiger partial charge in [-0.1, -0.05) is 61.9 Å². The first-order valence-electron chi connectivity index (χ1n) is 10.7. The second-order valence-electron chi connectivity index (χ2n) is 8.50. The van der Waals surface area contributed by atoms with Crippen LogP contribution in [-0.2, 0) is 6.54 Å². The summed E-state index contributed by atoms with van der Waals surface area (Å²) in [6, 6.07) is 17.6. The largest absolute Gasteiger partial charge is 0.337 e. The number of hydrogen-bond donors (Lipinski definition) is 0. The molecule has 4 rings (SSSR count). The van der Waals surface area contributed by atoms with Gasteiger partial charge in [0.2, 0.25) is 0 Å². The molecule has 0 aliphatic heterocycles. The lowest BCUT2D eigenvalue weighted by atomic mass is 10.1. The van der Waals surface area contributed by atoms with Crippen molar-refractivity contribution in [3.05, 3.63) is 92.9 Å². The number of nitrogens with zero attached hydrogens (tertiary/aromatic N) is 4. The van der Waals surface area contributed by atoms with Gasteiger partial charge in [-0.3, -0.25) is 9.36 Å². The van der Waals surface area contributed by atoms with Crippen LogP contribution in [0.1, 0.15) is 44.4 Å². The van der Waals surface area contributed by atoms with Crippen LogP contribution in [0.15, 0.2) is 70.5 Å². The van der Waals surface area contributed by atoms with E-state index in [9.17, 15) is 9.59 Å². The molecule has 0 radical (unpaired) electrons. The number of aromatic nitrogens is 4. The molecule has 0 fully saturated rings. The van der Waals surface area contributed by atoms with E-state index in [1.54, 1.807) is 10.9 Å². The van der Waals surface area contributed by atoms with Crippen molar-refractivity contribution in [2.75, 3.05) is 0 Å². The molecule has 2 heterocycles. The Balaban J connectivity index is 2.00. The second-order valence-corrected chi connectivity index (χ2v) is 8.50. The highest BCUT2D eigenvalue weighted by molar-refractivity contribution is 5.73. The van der Waals surface area contributed by atoms with Crippen LogP contribution in [-0.4, -0.2) is 18.7 Å². The number of rotatable bonds is 6. The first-order valence-corrected chi connectivity index (χ1v) is 10.7. The van der Waals surface area contributed by atoms with E-state index < -0.39 is 0 Å². The van der Waals surface area contributed by atoms with E-state index in [2.05, 4.69) is 18.8 Å². The topological polar surface area (TPSA) is 61.8 Å². The van der Waals surface area contributed by atoms with Crippen molar-refractivity contribution in [3.8, 4) is 5.69 Å². The summed E-state index contributed by atoms with van der Waals surface area (Å²) in [5.74, 6) is 0.378. The molecule has 0 aliphatic carbocycles. The molecule has 6 nitrogen and oxygen atoms in total. The highest BCUT2D eigenvalue weighted by atomic mass is 16.2. The molecule has 0 N–H and O–H groups in total. The van der Waals surface area contributed by atoms with Crippen molar-refractivity contribution in [1.29, 1.82) is 0 Å². The van der Waals surface area contributed by atoms with Crippen LogP contribution in [0.4, 0.5) is 0 Å². The maximum absolute atomic E-state index is 13.5. The highest BCUT2D eigenvalue weighted by Crippen LogP contribution is 2.22. The zero-order chi connectivity index (χ0) is 22.1. The summed E-state index contributed by atoms with van der Waals surface area (Å²) in [4.78, 5) is 31.5. The molecule has 31 heavy (non-hydrogen) atoms. The SMILES string of the molecule is Cc1ccc(-n2c(=O)n(CCC(C)C)c(=O)c3c2ncn3[C@@H](C)c2ccccc2)cc1. The van der Waals surface area contributed by atoms with Crippen LogP contribution in [0.3, 0.4) is 0 Å². The van der Waals surface area contributed by atoms with Crippen molar-refractivity contribution < 1.29 is 0 Å². The predicted octanol–water partition coefficient (Wildman–Crippen LogP) is 4.31. The van der Waals surface area contributed by atoms with Crippen molar-refractivity contribution in [2.24, 2.45) is 5.92 Å². The molecule has 160 valence electrons. The quantitative estimate of drug-likeness (QED) is 0.470. The highest BCUT2D eigenvalue weighted by Gasteiger charge is 2.21. The Hall–Kier alpha value is -3.41. The van der Waals surface area contributed by atoms with E-state index >= 15 is 0 Å². The van der Waals surface area contributed by atoms with Crippen molar-refractivity contribution in [3.63, 3.8) is 0 Å². The minimum Gasteiger partial charge on any atom is -0.317 e. The first kappa shape index (κ1) is 20.8. The Morgan fingerprint density at radius 3 is 2.26 bits per heavy atom. The Labute approximate surface area is 181 Å². The maximum Gasteiger partial charge on any atom is 0.337 e. The molecule has 2 aromatic heterocycles. The molecular formula is C25H28N4O2. The Morgan fingerprint density at radius 2 is 1.61 bits per heavy atom. The zero-order valence-electron chi connectivity index (χ0n) is 18.4. The monoisotopic (exact) mass is 416 g/mol. The summed E-state index contributed by atoms with van der Waals surface area (Å²) >= 11 is 0. The summed E-state index contributed by atoms with van der Waals surface area (Å²) in [5, 5.41) is 0. The van der Waals surface area contributed by atoms with E-state index in [1.165, 1.54) is 4.57 Å². The lowest BCUT2D eigenvalue weighted by Gasteiger charge is -2.17. The minimum atomic E-state index is -0.348. The van der Waals surface area contributed by atoms with Gasteiger partial charge in [0.25, 0.3) is 5.56 Å². The maximum atomic E-state index is 13.5. The number of fused-ring (bicyclic) bond motifs is 1. The Kier molecular flexibility index (Phi) is 5.63. The molecule has 0 amide bonds. The van der Waals surface area contributed by atoms with Gasteiger partial charge in [-0.05, 0) is 43.9 Å². The molecule has 0 bridgehead atoms. The van der Waals surface area contributed by atoms with E-state index in [0.29, 0.717) is 29.3 Å². The molecule has 0 saturated heterocycles. The van der Waals surface area contributed by atoms with Crippen molar-refractivity contribution in [2.45, 2.75) is 46.7 Å². The van der Waals surface area contributed by atoms with Gasteiger partial charge in [0, 0.05) is 6.54 Å². The van der Waals surface area contributed by atoms with Crippen LogP contribution >= 0.6 is 0 Å². The lowest BCUT2D eigenvalue weighted by molar-refractivity contribution is 0.491. The third-order valence-corrected chi connectivity index (χ3v) is 5.78. The number of aryl methyl sites for hydroxylation is 1. The minimum absolute atomic E-state index is 0.0959. The fourth-order valence-corrected chi connectivity index (χ4v) is 3.84. The van der Waals surface area contributed by atoms with Crippen LogP contribution < -0.4 is 11.2 Å². The van der Waals surface area contributed by atoms with Crippen LogP contribution in [0.5, 0.6) is 0 Å². The summed E-state index contributed by atoms with van der Waals surface area (Å²) in [7, 11) is 0. The van der Waals surface area contributed by atoms with Crippen molar-refractivity contribution >= 4 is 11.2 Å². The summed E-state index contributed by atoms with van der Waals surface area (Å²) in [6.07, 6.45) is 2.41. The van der Waals surface area contributed by atoms with Crippen LogP contribution in [0.25, 0.3) is 16.9 Å². The van der Waals surface area contributed by atoms with Gasteiger partial charge in [0.1, 0.15) is 0 Å². The number of hydrogen-bond acceptors (Lipinski definition) is 3. The van der Waals surface area contributed by atoms with Gasteiger partial charge in [0.05, 0.1) is 18.1 Å². The Morgan fingerprint density at radius 1 is 0.935 bits per heavy atom. The van der Waals surface area contributed by atoms with Gasteiger partial charge in [-0.2, -0.15) is 0 Å². The van der Waals surface area contributed by atoms with E-state index in [1.807, 2.05) is 73.0 Å². The zero-order valence-corrected chi connectivity index (χ0v) is 18.4. The van der Waals surface area contributed by atoms with E-state index in [0.717, 1.165) is 17.5 Å². The van der Waals surface area contributed by atoms with Gasteiger partial charge >= 0.3 is 5.69 Å². The van der Waals surface area contributed by atoms with E-state index in [-0.39, 0.29) is 17.3 Å². The van der Waals surface area contributed by atoms with Crippen LogP contribution in [0, 0.1) is 12.8 Å². The fraction of sp³-hybridized carbons (Fsp3) is 0.320. The van der Waals surface area contributed by atoms with Gasteiger partial charge in [-0.25, -0.2) is 14.3 Å². The molecule has 1 atom stereocenters. The average Bonchev–Trinajstić information content (AvgIpc) is 3.20. The molecule has 0 aliphatic rings. The molecular weight excluding hydrogens is 388 g/mol. The van der Waals surface area contributed by atoms with Gasteiger partial charge in [-0.15, -0.1) is 0 Å². The fourth-order valence-electron chi connectivity index (χ4n) is 3.84. The summed E-state index contributed by atoms with van der Waals surface area (Å²) in [5.41, 5.74) is 3.08. The summed E-state index contributed by atoms with van der Waals surface area (Å²) in [6.45, 7) is 8.59. The van der Waals surface area contributed by atoms with Gasteiger partial charge < -0.3 is 4.57 Å². The third kappa shape index (κ3) is 3.85. The number of benzene rings is 2. The molecule has 4 aromatic rings. The smallest absolute Gasteiger partial charge is 0.317 e. The lowest BCUT2D eigenvalue weighted by Crippen LogP contribution is -2.40. The van der Waals surface area contributed by atoms with E-state index in [4.69, 9.17) is 0 Å². The number of imidazole rings is 1.